The molecular formula is C12H14N2O3S. The Bertz CT molecular complexity index is 539. The van der Waals surface area contributed by atoms with E-state index in [0.717, 1.165) is 17.5 Å². The maximum Gasteiger partial charge on any atom is 0.354 e. The standard InChI is InChI=1S/C12H14N2O3S/c1-2-16-11(15)8-6-9-10(13-8)14-12(18-9)17-7-4-3-5-7/h6-7,13H,2-5H2,1H3. The lowest BCUT2D eigenvalue weighted by Crippen LogP contribution is -2.24. The van der Waals surface area contributed by atoms with E-state index in [9.17, 15) is 4.79 Å². The van der Waals surface area contributed by atoms with Crippen LogP contribution in [0.25, 0.3) is 10.3 Å². The molecule has 0 saturated heterocycles. The number of ether oxygens (including phenoxy) is 2. The minimum atomic E-state index is -0.343. The van der Waals surface area contributed by atoms with E-state index >= 15 is 0 Å². The van der Waals surface area contributed by atoms with Gasteiger partial charge < -0.3 is 14.5 Å². The average molecular weight is 266 g/mol. The first-order valence-corrected chi connectivity index (χ1v) is 6.91. The van der Waals surface area contributed by atoms with Crippen LogP contribution in [-0.4, -0.2) is 28.6 Å². The first-order chi connectivity index (χ1) is 8.76. The molecule has 0 atom stereocenters. The lowest BCUT2D eigenvalue weighted by atomic mass is 9.96. The smallest absolute Gasteiger partial charge is 0.354 e. The van der Waals surface area contributed by atoms with Crippen molar-refractivity contribution in [3.63, 3.8) is 0 Å². The number of hydrogen-bond donors (Lipinski definition) is 1. The van der Waals surface area contributed by atoms with Gasteiger partial charge in [-0.1, -0.05) is 11.3 Å². The van der Waals surface area contributed by atoms with Gasteiger partial charge in [-0.3, -0.25) is 0 Å². The number of aromatic amines is 1. The average Bonchev–Trinajstić information content (AvgIpc) is 2.81. The molecule has 3 rings (SSSR count). The van der Waals surface area contributed by atoms with Crippen molar-refractivity contribution in [1.82, 2.24) is 9.97 Å². The minimum absolute atomic E-state index is 0.324. The van der Waals surface area contributed by atoms with Crippen molar-refractivity contribution in [1.29, 1.82) is 0 Å². The minimum Gasteiger partial charge on any atom is -0.467 e. The topological polar surface area (TPSA) is 64.2 Å². The summed E-state index contributed by atoms with van der Waals surface area (Å²) < 4.78 is 11.6. The molecule has 2 aromatic heterocycles. The van der Waals surface area contributed by atoms with E-state index in [4.69, 9.17) is 9.47 Å². The van der Waals surface area contributed by atoms with E-state index in [-0.39, 0.29) is 5.97 Å². The van der Waals surface area contributed by atoms with Crippen LogP contribution in [-0.2, 0) is 4.74 Å². The van der Waals surface area contributed by atoms with Crippen LogP contribution in [0.4, 0.5) is 0 Å². The number of H-pyrrole nitrogens is 1. The predicted octanol–water partition coefficient (Wildman–Crippen LogP) is 2.73. The summed E-state index contributed by atoms with van der Waals surface area (Å²) in [7, 11) is 0. The third-order valence-electron chi connectivity index (χ3n) is 2.98. The number of aromatic nitrogens is 2. The van der Waals surface area contributed by atoms with Crippen molar-refractivity contribution >= 4 is 27.7 Å². The van der Waals surface area contributed by atoms with Gasteiger partial charge in [0.25, 0.3) is 5.19 Å². The van der Waals surface area contributed by atoms with Gasteiger partial charge in [0, 0.05) is 0 Å². The van der Waals surface area contributed by atoms with Gasteiger partial charge in [-0.05, 0) is 32.3 Å². The van der Waals surface area contributed by atoms with Gasteiger partial charge in [0.2, 0.25) is 0 Å². The number of nitrogens with zero attached hydrogens (tertiary/aromatic N) is 1. The molecule has 2 heterocycles. The number of nitrogens with one attached hydrogen (secondary N) is 1. The molecule has 0 aliphatic heterocycles. The zero-order valence-corrected chi connectivity index (χ0v) is 10.9. The van der Waals surface area contributed by atoms with Crippen molar-refractivity contribution in [2.75, 3.05) is 6.61 Å². The molecule has 0 spiro atoms. The molecule has 18 heavy (non-hydrogen) atoms. The Labute approximate surface area is 108 Å². The highest BCUT2D eigenvalue weighted by molar-refractivity contribution is 7.20. The van der Waals surface area contributed by atoms with Gasteiger partial charge in [0.05, 0.1) is 11.3 Å². The fraction of sp³-hybridized carbons (Fsp3) is 0.500. The summed E-state index contributed by atoms with van der Waals surface area (Å²) in [5.41, 5.74) is 1.14. The van der Waals surface area contributed by atoms with Gasteiger partial charge >= 0.3 is 5.97 Å². The molecule has 1 aliphatic carbocycles. The molecule has 96 valence electrons. The first kappa shape index (κ1) is 11.5. The Morgan fingerprint density at radius 1 is 1.61 bits per heavy atom. The van der Waals surface area contributed by atoms with Gasteiger partial charge in [-0.25, -0.2) is 4.79 Å². The first-order valence-electron chi connectivity index (χ1n) is 6.09. The summed E-state index contributed by atoms with van der Waals surface area (Å²) in [6.07, 6.45) is 3.79. The number of rotatable bonds is 4. The summed E-state index contributed by atoms with van der Waals surface area (Å²) in [6.45, 7) is 2.15. The number of esters is 1. The molecule has 2 aromatic rings. The second kappa shape index (κ2) is 4.61. The molecule has 0 bridgehead atoms. The van der Waals surface area contributed by atoms with E-state index in [0.29, 0.717) is 29.2 Å². The highest BCUT2D eigenvalue weighted by atomic mass is 32.1. The van der Waals surface area contributed by atoms with E-state index in [1.54, 1.807) is 13.0 Å². The SMILES string of the molecule is CCOC(=O)c1cc2sc(OC3CCC3)nc2[nH]1. The number of carbonyl (C=O) groups excluding carboxylic acids is 1. The van der Waals surface area contributed by atoms with E-state index in [1.807, 2.05) is 0 Å². The van der Waals surface area contributed by atoms with Crippen molar-refractivity contribution in [2.24, 2.45) is 0 Å². The molecule has 1 saturated carbocycles. The van der Waals surface area contributed by atoms with Gasteiger partial charge in [0.15, 0.2) is 5.65 Å². The summed E-state index contributed by atoms with van der Waals surface area (Å²) in [6, 6.07) is 1.76. The molecule has 5 nitrogen and oxygen atoms in total. The molecule has 1 fully saturated rings. The van der Waals surface area contributed by atoms with Crippen LogP contribution in [0, 0.1) is 0 Å². The van der Waals surface area contributed by atoms with E-state index < -0.39 is 0 Å². The Morgan fingerprint density at radius 2 is 2.44 bits per heavy atom. The van der Waals surface area contributed by atoms with Gasteiger partial charge in [-0.15, -0.1) is 0 Å². The lowest BCUT2D eigenvalue weighted by Gasteiger charge is -2.24. The lowest BCUT2D eigenvalue weighted by molar-refractivity contribution is 0.0520. The highest BCUT2D eigenvalue weighted by Crippen LogP contribution is 2.32. The zero-order chi connectivity index (χ0) is 12.5. The van der Waals surface area contributed by atoms with Crippen LogP contribution in [0.1, 0.15) is 36.7 Å². The Morgan fingerprint density at radius 3 is 3.06 bits per heavy atom. The maximum absolute atomic E-state index is 11.5. The number of fused-ring (bicyclic) bond motifs is 1. The molecule has 0 unspecified atom stereocenters. The van der Waals surface area contributed by atoms with Crippen LogP contribution in [0.5, 0.6) is 5.19 Å². The summed E-state index contributed by atoms with van der Waals surface area (Å²) in [5.74, 6) is -0.343. The fourth-order valence-corrected chi connectivity index (χ4v) is 2.67. The van der Waals surface area contributed by atoms with Crippen molar-refractivity contribution in [3.05, 3.63) is 11.8 Å². The Balaban J connectivity index is 1.77. The second-order valence-electron chi connectivity index (χ2n) is 4.27. The number of hydrogen-bond acceptors (Lipinski definition) is 5. The van der Waals surface area contributed by atoms with Crippen molar-refractivity contribution < 1.29 is 14.3 Å². The Hall–Kier alpha value is -1.56. The van der Waals surface area contributed by atoms with Crippen molar-refractivity contribution in [3.8, 4) is 5.19 Å². The quantitative estimate of drug-likeness (QED) is 0.864. The molecular weight excluding hydrogens is 252 g/mol. The third kappa shape index (κ3) is 2.08. The fourth-order valence-electron chi connectivity index (χ4n) is 1.79. The van der Waals surface area contributed by atoms with Crippen LogP contribution in [0.3, 0.4) is 0 Å². The van der Waals surface area contributed by atoms with Crippen LogP contribution in [0.2, 0.25) is 0 Å². The molecule has 0 amide bonds. The number of carbonyl (C=O) groups is 1. The highest BCUT2D eigenvalue weighted by Gasteiger charge is 2.21. The summed E-state index contributed by atoms with van der Waals surface area (Å²) in [4.78, 5) is 18.8. The van der Waals surface area contributed by atoms with Gasteiger partial charge in [0.1, 0.15) is 11.8 Å². The normalized spacial score (nSPS) is 15.6. The second-order valence-corrected chi connectivity index (χ2v) is 5.26. The predicted molar refractivity (Wildman–Crippen MR) is 68.2 cm³/mol. The van der Waals surface area contributed by atoms with E-state index in [1.165, 1.54) is 17.8 Å². The largest absolute Gasteiger partial charge is 0.467 e. The number of thiazole rings is 1. The summed E-state index contributed by atoms with van der Waals surface area (Å²) in [5, 5.41) is 0.677. The van der Waals surface area contributed by atoms with Crippen LogP contribution in [0.15, 0.2) is 6.07 Å². The van der Waals surface area contributed by atoms with E-state index in [2.05, 4.69) is 9.97 Å². The van der Waals surface area contributed by atoms with Crippen molar-refractivity contribution in [2.45, 2.75) is 32.3 Å². The molecule has 0 radical (unpaired) electrons. The molecule has 1 N–H and O–H groups in total. The Kier molecular flexibility index (Phi) is 2.95. The summed E-state index contributed by atoms with van der Waals surface area (Å²) >= 11 is 1.46. The zero-order valence-electron chi connectivity index (χ0n) is 10.1. The molecule has 1 aliphatic rings. The third-order valence-corrected chi connectivity index (χ3v) is 3.87. The van der Waals surface area contributed by atoms with Crippen LogP contribution < -0.4 is 4.74 Å². The molecule has 0 aromatic carbocycles. The molecule has 6 heteroatoms. The maximum atomic E-state index is 11.5. The van der Waals surface area contributed by atoms with Crippen LogP contribution >= 0.6 is 11.3 Å². The monoisotopic (exact) mass is 266 g/mol. The van der Waals surface area contributed by atoms with Gasteiger partial charge in [-0.2, -0.15) is 4.98 Å².